The lowest BCUT2D eigenvalue weighted by atomic mass is 9.98. The number of carbonyl (C=O) groups is 2. The molecular weight excluding hydrogens is 1690 g/mol. The van der Waals surface area contributed by atoms with Crippen molar-refractivity contribution in [3.63, 3.8) is 0 Å². The molecule has 2 saturated heterocycles. The van der Waals surface area contributed by atoms with Crippen molar-refractivity contribution in [1.29, 1.82) is 0 Å². The van der Waals surface area contributed by atoms with Crippen LogP contribution in [0.3, 0.4) is 0 Å². The number of benzene rings is 16. The Hall–Kier alpha value is -14.8. The number of nitrogens with zero attached hydrogens (tertiary/aromatic N) is 4. The van der Waals surface area contributed by atoms with Crippen LogP contribution in [0.2, 0.25) is 0 Å². The van der Waals surface area contributed by atoms with Gasteiger partial charge >= 0.3 is 0 Å². The molecular formula is C117H88N4O6S4. The zero-order valence-corrected chi connectivity index (χ0v) is 73.8. The summed E-state index contributed by atoms with van der Waals surface area (Å²) in [6.45, 7) is 2.42. The minimum absolute atomic E-state index is 0. The fourth-order valence-electron chi connectivity index (χ4n) is 17.4. The minimum Gasteiger partial charge on any atom is -0.346 e. The lowest BCUT2D eigenvalue weighted by molar-refractivity contribution is -0.0443. The molecule has 2 aliphatic rings. The number of anilines is 12. The molecule has 2 fully saturated rings. The standard InChI is InChI=1S/C60H46N2O4S2.C56H38N2O2S2.CH4/c1-5-13-47(14-6-1)61(48-15-7-2-8-16-48)51-33-29-41(30-34-51)53-55(43-21-25-45(26-22-43)59-63-37-38-64-59)67-58-54(56(68-57(53)58)44-23-27-46(28-24-44)60-65-39-40-66-60)42-31-35-52(36-32-42)62(49-17-9-3-10-18-49)50-19-11-4-12-20-50;59-37-39-21-25-43(26-22-39)53-51(41-29-33-49(34-30-41)57(45-13-5-1-6-14-45)46-15-7-2-8-16-46)55-56(61-53)52(54(62-55)44-27-23-40(38-60)24-28-44)42-31-35-50(36-32-42)58(47-17-9-3-10-18-47)48-19-11-4-12-20-48;/h1-36,59-60H,37-40H2;1-38H;1H4. The van der Waals surface area contributed by atoms with Crippen LogP contribution < -0.4 is 19.6 Å². The van der Waals surface area contributed by atoms with E-state index in [0.717, 1.165) is 157 Å². The van der Waals surface area contributed by atoms with Crippen molar-refractivity contribution >= 4 is 145 Å². The zero-order chi connectivity index (χ0) is 87.1. The van der Waals surface area contributed by atoms with Crippen LogP contribution >= 0.6 is 45.3 Å². The summed E-state index contributed by atoms with van der Waals surface area (Å²) < 4.78 is 28.5. The van der Waals surface area contributed by atoms with E-state index in [1.165, 1.54) is 39.7 Å². The maximum absolute atomic E-state index is 11.8. The maximum atomic E-state index is 11.8. The van der Waals surface area contributed by atoms with E-state index in [0.29, 0.717) is 37.6 Å². The Balaban J connectivity index is 0.000000163. The molecule has 22 rings (SSSR count). The van der Waals surface area contributed by atoms with E-state index in [4.69, 9.17) is 18.9 Å². The van der Waals surface area contributed by atoms with Gasteiger partial charge in [0.15, 0.2) is 12.6 Å². The largest absolute Gasteiger partial charge is 0.346 e. The first-order chi connectivity index (χ1) is 64.4. The molecule has 0 bridgehead atoms. The van der Waals surface area contributed by atoms with E-state index in [1.807, 2.05) is 71.2 Å². The quantitative estimate of drug-likeness (QED) is 0.0546. The maximum Gasteiger partial charge on any atom is 0.184 e. The Morgan fingerprint density at radius 3 is 0.534 bits per heavy atom. The molecule has 0 N–H and O–H groups in total. The molecule has 10 nitrogen and oxygen atoms in total. The van der Waals surface area contributed by atoms with Crippen LogP contribution in [0.25, 0.3) is 105 Å². The topological polar surface area (TPSA) is 84.0 Å². The average Bonchev–Trinajstić information content (AvgIpc) is 1.57. The van der Waals surface area contributed by atoms with Crippen LogP contribution in [-0.2, 0) is 18.9 Å². The molecule has 6 heterocycles. The third-order valence-electron chi connectivity index (χ3n) is 23.6. The van der Waals surface area contributed by atoms with Gasteiger partial charge in [0.25, 0.3) is 0 Å². The fourth-order valence-corrected chi connectivity index (χ4v) is 23.3. The Bertz CT molecular complexity index is 6650. The highest BCUT2D eigenvalue weighted by molar-refractivity contribution is 7.34. The van der Waals surface area contributed by atoms with E-state index in [9.17, 15) is 9.59 Å². The summed E-state index contributed by atoms with van der Waals surface area (Å²) in [6.07, 6.45) is 1.11. The Kier molecular flexibility index (Phi) is 24.9. The molecule has 0 aliphatic carbocycles. The van der Waals surface area contributed by atoms with Gasteiger partial charge in [-0.15, -0.1) is 45.3 Å². The molecule has 0 spiro atoms. The van der Waals surface area contributed by atoms with Gasteiger partial charge in [-0.05, 0) is 190 Å². The summed E-state index contributed by atoms with van der Waals surface area (Å²) in [5.41, 5.74) is 30.0. The van der Waals surface area contributed by atoms with Gasteiger partial charge in [-0.2, -0.15) is 0 Å². The average molecular weight is 1770 g/mol. The number of ether oxygens (including phenoxy) is 4. The first-order valence-electron chi connectivity index (χ1n) is 43.4. The van der Waals surface area contributed by atoms with Crippen LogP contribution in [0.5, 0.6) is 0 Å². The third kappa shape index (κ3) is 17.4. The SMILES string of the molecule is C.O=Cc1ccc(-c2sc3c(-c4ccc(N(c5ccccc5)c5ccccc5)cc4)c(-c4ccc(C=O)cc4)sc3c2-c2ccc(N(c3ccccc3)c3ccccc3)cc2)cc1.c1ccc(N(c2ccccc2)c2ccc(-c3c(-c4ccc(C5OCCO5)cc4)sc4c(-c5ccc(N(c6ccccc6)c6ccccc6)cc5)c(-c5ccc(C6OCCO6)cc5)sc34)cc2)cc1. The number of carbonyl (C=O) groups excluding carboxylic acids is 2. The number of hydrogen-bond donors (Lipinski definition) is 0. The van der Waals surface area contributed by atoms with Crippen molar-refractivity contribution in [2.75, 3.05) is 46.0 Å². The fraction of sp³-hybridized carbons (Fsp3) is 0.0598. The monoisotopic (exact) mass is 1770 g/mol. The predicted molar refractivity (Wildman–Crippen MR) is 548 cm³/mol. The Labute approximate surface area is 778 Å². The van der Waals surface area contributed by atoms with Gasteiger partial charge < -0.3 is 38.5 Å². The van der Waals surface area contributed by atoms with E-state index in [2.05, 4.69) is 408 Å². The van der Waals surface area contributed by atoms with E-state index in [1.54, 1.807) is 22.7 Å². The minimum atomic E-state index is -0.338. The number of hydrogen-bond acceptors (Lipinski definition) is 14. The van der Waals surface area contributed by atoms with Crippen molar-refractivity contribution in [2.24, 2.45) is 0 Å². The number of thiophene rings is 4. The number of fused-ring (bicyclic) bond motifs is 2. The first kappa shape index (κ1) is 84.4. The highest BCUT2D eigenvalue weighted by Crippen LogP contribution is 2.59. The van der Waals surface area contributed by atoms with Gasteiger partial charge in [-0.3, -0.25) is 9.59 Å². The van der Waals surface area contributed by atoms with Crippen LogP contribution in [-0.4, -0.2) is 39.0 Å². The molecule has 131 heavy (non-hydrogen) atoms. The molecule has 14 heteroatoms. The highest BCUT2D eigenvalue weighted by Gasteiger charge is 2.31. The van der Waals surface area contributed by atoms with Gasteiger partial charge in [-0.1, -0.05) is 299 Å². The number of aldehydes is 2. The summed E-state index contributed by atoms with van der Waals surface area (Å²) in [6, 6.07) is 153. The van der Waals surface area contributed by atoms with Crippen molar-refractivity contribution in [3.8, 4) is 86.3 Å². The molecule has 16 aromatic carbocycles. The van der Waals surface area contributed by atoms with Gasteiger partial charge in [0.05, 0.1) is 45.2 Å². The molecule has 0 unspecified atom stereocenters. The predicted octanol–water partition coefficient (Wildman–Crippen LogP) is 33.5. The van der Waals surface area contributed by atoms with Gasteiger partial charge in [-0.25, -0.2) is 0 Å². The second kappa shape index (κ2) is 38.6. The van der Waals surface area contributed by atoms with Crippen molar-refractivity contribution in [3.05, 3.63) is 459 Å². The van der Waals surface area contributed by atoms with E-state index < -0.39 is 0 Å². The normalized spacial score (nSPS) is 12.6. The van der Waals surface area contributed by atoms with Gasteiger partial charge in [0, 0.05) is 132 Å². The summed E-state index contributed by atoms with van der Waals surface area (Å²) in [5, 5.41) is 0. The summed E-state index contributed by atoms with van der Waals surface area (Å²) >= 11 is 7.30. The summed E-state index contributed by atoms with van der Waals surface area (Å²) in [5.74, 6) is 0. The van der Waals surface area contributed by atoms with Crippen molar-refractivity contribution in [2.45, 2.75) is 20.0 Å². The highest BCUT2D eigenvalue weighted by atomic mass is 32.1. The molecule has 2 aliphatic heterocycles. The number of rotatable bonds is 24. The van der Waals surface area contributed by atoms with Gasteiger partial charge in [0.2, 0.25) is 0 Å². The third-order valence-corrected chi connectivity index (χ3v) is 28.9. The number of para-hydroxylation sites is 8. The molecule has 636 valence electrons. The second-order valence-corrected chi connectivity index (χ2v) is 35.7. The Morgan fingerprint density at radius 2 is 0.359 bits per heavy atom. The summed E-state index contributed by atoms with van der Waals surface area (Å²) in [7, 11) is 0. The molecule has 20 aromatic rings. The molecule has 0 radical (unpaired) electrons. The van der Waals surface area contributed by atoms with Crippen molar-refractivity contribution < 1.29 is 28.5 Å². The zero-order valence-electron chi connectivity index (χ0n) is 70.6. The molecule has 0 saturated carbocycles. The lowest BCUT2D eigenvalue weighted by Crippen LogP contribution is -2.09. The molecule has 0 atom stereocenters. The van der Waals surface area contributed by atoms with Crippen molar-refractivity contribution in [1.82, 2.24) is 0 Å². The van der Waals surface area contributed by atoms with E-state index >= 15 is 0 Å². The van der Waals surface area contributed by atoms with Gasteiger partial charge in [0.1, 0.15) is 12.6 Å². The van der Waals surface area contributed by atoms with E-state index in [-0.39, 0.29) is 20.0 Å². The Morgan fingerprint density at radius 1 is 0.198 bits per heavy atom. The molecule has 0 amide bonds. The lowest BCUT2D eigenvalue weighted by Gasteiger charge is -2.25. The van der Waals surface area contributed by atoms with Crippen LogP contribution in [0, 0.1) is 0 Å². The second-order valence-electron chi connectivity index (χ2n) is 31.6. The van der Waals surface area contributed by atoms with Crippen LogP contribution in [0.15, 0.2) is 437 Å². The smallest absolute Gasteiger partial charge is 0.184 e. The first-order valence-corrected chi connectivity index (χ1v) is 46.7. The molecule has 4 aromatic heterocycles. The van der Waals surface area contributed by atoms with Crippen LogP contribution in [0.4, 0.5) is 68.2 Å². The van der Waals surface area contributed by atoms with Crippen LogP contribution in [0.1, 0.15) is 51.8 Å². The summed E-state index contributed by atoms with van der Waals surface area (Å²) in [4.78, 5) is 37.4.